The monoisotopic (exact) mass is 441 g/mol. The molecule has 32 heavy (non-hydrogen) atoms. The molecule has 0 aromatic heterocycles. The Balaban J connectivity index is 1.32. The first-order chi connectivity index (χ1) is 15.2. The molecule has 2 fully saturated rings. The third-order valence-electron chi connectivity index (χ3n) is 6.97. The second kappa shape index (κ2) is 6.83. The quantitative estimate of drug-likeness (QED) is 0.657. The number of nitrogens with one attached hydrogen (secondary N) is 1. The number of piperidine rings is 1. The molecular weight excluding hydrogens is 420 g/mol. The maximum Gasteiger partial charge on any atom is 0.326 e. The Bertz CT molecular complexity index is 1170. The third-order valence-corrected chi connectivity index (χ3v) is 6.97. The van der Waals surface area contributed by atoms with Gasteiger partial charge in [-0.05, 0) is 36.1 Å². The summed E-state index contributed by atoms with van der Waals surface area (Å²) in [4.78, 5) is 38.3. The first-order valence-corrected chi connectivity index (χ1v) is 10.3. The minimum atomic E-state index is -3.14. The minimum Gasteiger partial charge on any atom is -0.480 e. The highest BCUT2D eigenvalue weighted by molar-refractivity contribution is 5.99. The van der Waals surface area contributed by atoms with Crippen molar-refractivity contribution in [3.05, 3.63) is 59.2 Å². The molecule has 9 heteroatoms. The van der Waals surface area contributed by atoms with E-state index in [0.29, 0.717) is 24.9 Å². The number of amides is 2. The second-order valence-electron chi connectivity index (χ2n) is 8.71. The normalized spacial score (nSPS) is 26.2. The number of nitrogens with two attached hydrogens (primary N) is 1. The summed E-state index contributed by atoms with van der Waals surface area (Å²) in [5, 5.41) is 12.0. The van der Waals surface area contributed by atoms with E-state index < -0.39 is 29.7 Å². The molecule has 1 saturated heterocycles. The lowest BCUT2D eigenvalue weighted by Crippen LogP contribution is -2.47. The molecule has 1 aliphatic heterocycles. The summed E-state index contributed by atoms with van der Waals surface area (Å²) >= 11 is 0. The van der Waals surface area contributed by atoms with E-state index in [1.807, 2.05) is 0 Å². The summed E-state index contributed by atoms with van der Waals surface area (Å²) in [5.74, 6) is -5.33. The molecule has 1 saturated carbocycles. The van der Waals surface area contributed by atoms with E-state index in [9.17, 15) is 28.3 Å². The van der Waals surface area contributed by atoms with Crippen molar-refractivity contribution < 1.29 is 28.3 Å². The molecule has 0 bridgehead atoms. The van der Waals surface area contributed by atoms with Gasteiger partial charge >= 0.3 is 5.97 Å². The topological polar surface area (TPSA) is 113 Å². The van der Waals surface area contributed by atoms with Gasteiger partial charge in [0.1, 0.15) is 6.04 Å². The lowest BCUT2D eigenvalue weighted by molar-refractivity contribution is -0.149. The second-order valence-corrected chi connectivity index (χ2v) is 8.71. The molecule has 0 unspecified atom stereocenters. The van der Waals surface area contributed by atoms with Gasteiger partial charge in [-0.1, -0.05) is 30.3 Å². The van der Waals surface area contributed by atoms with Crippen LogP contribution >= 0.6 is 0 Å². The number of benzene rings is 2. The molecule has 2 aromatic carbocycles. The zero-order valence-corrected chi connectivity index (χ0v) is 17.0. The van der Waals surface area contributed by atoms with Crippen molar-refractivity contribution in [1.29, 1.82) is 0 Å². The Morgan fingerprint density at radius 1 is 1.09 bits per heavy atom. The Morgan fingerprint density at radius 2 is 1.81 bits per heavy atom. The van der Waals surface area contributed by atoms with Gasteiger partial charge in [0.25, 0.3) is 11.8 Å². The molecule has 0 spiro atoms. The van der Waals surface area contributed by atoms with E-state index in [2.05, 4.69) is 5.32 Å². The highest BCUT2D eigenvalue weighted by Crippen LogP contribution is 2.58. The highest BCUT2D eigenvalue weighted by atomic mass is 19.3. The molecule has 3 aliphatic rings. The van der Waals surface area contributed by atoms with Crippen molar-refractivity contribution in [1.82, 2.24) is 10.2 Å². The number of nitrogens with zero attached hydrogens (tertiary/aromatic N) is 1. The largest absolute Gasteiger partial charge is 0.480 e. The maximum absolute atomic E-state index is 14.7. The van der Waals surface area contributed by atoms with Gasteiger partial charge in [0.15, 0.2) is 0 Å². The predicted molar refractivity (Wildman–Crippen MR) is 110 cm³/mol. The van der Waals surface area contributed by atoms with E-state index in [-0.39, 0.29) is 40.3 Å². The molecule has 3 atom stereocenters. The van der Waals surface area contributed by atoms with Crippen molar-refractivity contribution in [2.75, 3.05) is 13.1 Å². The predicted octanol–water partition coefficient (Wildman–Crippen LogP) is 1.94. The van der Waals surface area contributed by atoms with Crippen LogP contribution in [0.5, 0.6) is 0 Å². The van der Waals surface area contributed by atoms with Crippen LogP contribution in [-0.4, -0.2) is 53.0 Å². The number of alkyl halides is 2. The van der Waals surface area contributed by atoms with Gasteiger partial charge in [-0.15, -0.1) is 0 Å². The first kappa shape index (κ1) is 20.6. The van der Waals surface area contributed by atoms with Crippen LogP contribution in [-0.2, 0) is 15.5 Å². The Labute approximate surface area is 182 Å². The number of hydrogen-bond acceptors (Lipinski definition) is 4. The molecule has 7 nitrogen and oxygen atoms in total. The number of carboxylic acid groups (broad SMARTS) is 1. The minimum absolute atomic E-state index is 0.107. The van der Waals surface area contributed by atoms with Crippen LogP contribution in [0.1, 0.15) is 34.3 Å². The molecule has 2 amide bonds. The van der Waals surface area contributed by atoms with Crippen molar-refractivity contribution in [2.45, 2.75) is 30.8 Å². The van der Waals surface area contributed by atoms with Crippen LogP contribution in [0.15, 0.2) is 42.5 Å². The van der Waals surface area contributed by atoms with Crippen LogP contribution in [0, 0.1) is 5.41 Å². The highest BCUT2D eigenvalue weighted by Gasteiger charge is 2.66. The van der Waals surface area contributed by atoms with Gasteiger partial charge in [-0.3, -0.25) is 9.59 Å². The van der Waals surface area contributed by atoms with E-state index in [1.54, 1.807) is 18.2 Å². The molecule has 1 heterocycles. The van der Waals surface area contributed by atoms with Gasteiger partial charge in [0.2, 0.25) is 5.91 Å². The van der Waals surface area contributed by atoms with Crippen LogP contribution in [0.3, 0.4) is 0 Å². The van der Waals surface area contributed by atoms with Gasteiger partial charge in [-0.25, -0.2) is 4.79 Å². The van der Waals surface area contributed by atoms with Crippen molar-refractivity contribution in [3.8, 4) is 11.1 Å². The van der Waals surface area contributed by atoms with Crippen LogP contribution in [0.2, 0.25) is 0 Å². The number of aliphatic carboxylic acids is 1. The summed E-state index contributed by atoms with van der Waals surface area (Å²) in [6, 6.07) is 8.88. The molecule has 2 aromatic rings. The Hall–Kier alpha value is -3.33. The van der Waals surface area contributed by atoms with Gasteiger partial charge < -0.3 is 21.1 Å². The Morgan fingerprint density at radius 3 is 2.53 bits per heavy atom. The average Bonchev–Trinajstić information content (AvgIpc) is 3.32. The number of carbonyl (C=O) groups is 3. The lowest BCUT2D eigenvalue weighted by atomic mass is 10.00. The number of carbonyl (C=O) groups excluding carboxylic acids is 2. The standard InChI is InChI=1S/C23H21F2N3O4/c24-23(25)15-4-2-1-3-13(15)14-7-12(5-6-16(14)23)20(30)27-10-19(29)28-17(21(31)32)8-22(11-26)9-18(22)28/h1-7,17-18H,8-11,26H2,(H,27,30)(H,31,32)/t17-,18-,22+/m0/s1. The molecule has 0 radical (unpaired) electrons. The van der Waals surface area contributed by atoms with E-state index >= 15 is 0 Å². The number of fused-ring (bicyclic) bond motifs is 4. The fourth-order valence-corrected chi connectivity index (χ4v) is 5.16. The van der Waals surface area contributed by atoms with Crippen LogP contribution in [0.4, 0.5) is 8.78 Å². The number of rotatable bonds is 5. The molecule has 166 valence electrons. The molecule has 5 rings (SSSR count). The molecule has 4 N–H and O–H groups in total. The average molecular weight is 441 g/mol. The number of hydrogen-bond donors (Lipinski definition) is 3. The van der Waals surface area contributed by atoms with E-state index in [0.717, 1.165) is 0 Å². The maximum atomic E-state index is 14.7. The summed E-state index contributed by atoms with van der Waals surface area (Å²) in [7, 11) is 0. The van der Waals surface area contributed by atoms with Gasteiger partial charge in [0.05, 0.1) is 6.54 Å². The third kappa shape index (κ3) is 2.84. The lowest BCUT2D eigenvalue weighted by Gasteiger charge is -2.24. The number of likely N-dealkylation sites (tertiary alicyclic amines) is 1. The number of halogens is 2. The fraction of sp³-hybridized carbons (Fsp3) is 0.348. The summed E-state index contributed by atoms with van der Waals surface area (Å²) < 4.78 is 29.4. The van der Waals surface area contributed by atoms with Gasteiger partial charge in [0, 0.05) is 34.7 Å². The zero-order chi connectivity index (χ0) is 22.8. The smallest absolute Gasteiger partial charge is 0.326 e. The Kier molecular flexibility index (Phi) is 4.39. The molecule has 2 aliphatic carbocycles. The van der Waals surface area contributed by atoms with E-state index in [4.69, 9.17) is 5.73 Å². The van der Waals surface area contributed by atoms with Crippen molar-refractivity contribution in [3.63, 3.8) is 0 Å². The number of carboxylic acids is 1. The van der Waals surface area contributed by atoms with Crippen molar-refractivity contribution >= 4 is 17.8 Å². The van der Waals surface area contributed by atoms with Crippen molar-refractivity contribution in [2.24, 2.45) is 11.1 Å². The van der Waals surface area contributed by atoms with E-state index in [1.165, 1.54) is 29.2 Å². The summed E-state index contributed by atoms with van der Waals surface area (Å²) in [5.41, 5.74) is 5.94. The van der Waals surface area contributed by atoms with Crippen LogP contribution < -0.4 is 11.1 Å². The summed E-state index contributed by atoms with van der Waals surface area (Å²) in [6.07, 6.45) is 0.965. The molecular formula is C23H21F2N3O4. The first-order valence-electron chi connectivity index (χ1n) is 10.3. The summed E-state index contributed by atoms with van der Waals surface area (Å²) in [6.45, 7) is -0.0809. The fourth-order valence-electron chi connectivity index (χ4n) is 5.16. The zero-order valence-electron chi connectivity index (χ0n) is 17.0. The van der Waals surface area contributed by atoms with Gasteiger partial charge in [-0.2, -0.15) is 8.78 Å². The van der Waals surface area contributed by atoms with Crippen LogP contribution in [0.25, 0.3) is 11.1 Å². The SMILES string of the molecule is NC[C@@]12C[C@@H]1N(C(=O)CNC(=O)c1ccc3c(c1)-c1ccccc1C3(F)F)[C@H](C(=O)O)C2.